The fraction of sp³-hybridized carbons (Fsp3) is 0.815. The van der Waals surface area contributed by atoms with E-state index in [0.717, 1.165) is 70.6 Å². The highest BCUT2D eigenvalue weighted by molar-refractivity contribution is 5.80. The molecule has 0 aliphatic carbocycles. The summed E-state index contributed by atoms with van der Waals surface area (Å²) in [5.74, 6) is -1.25. The number of amides is 1. The molecular weight excluding hydrogens is 955 g/mol. The predicted octanol–water partition coefficient (Wildman–Crippen LogP) is 15.0. The van der Waals surface area contributed by atoms with Crippen molar-refractivity contribution in [2.24, 2.45) is 0 Å². The number of hydrogen-bond acceptors (Lipinski definition) is 10. The van der Waals surface area contributed by atoms with Gasteiger partial charge in [-0.15, -0.1) is 0 Å². The van der Waals surface area contributed by atoms with Crippen LogP contribution in [0.3, 0.4) is 0 Å². The summed E-state index contributed by atoms with van der Waals surface area (Å²) < 4.78 is 17.6. The zero-order valence-electron chi connectivity index (χ0n) is 48.9. The van der Waals surface area contributed by atoms with E-state index >= 15 is 0 Å². The van der Waals surface area contributed by atoms with E-state index in [2.05, 4.69) is 62.5 Å². The summed E-state index contributed by atoms with van der Waals surface area (Å²) in [4.78, 5) is 26.5. The fourth-order valence-corrected chi connectivity index (χ4v) is 9.64. The second-order valence-electron chi connectivity index (χ2n) is 21.8. The van der Waals surface area contributed by atoms with Gasteiger partial charge in [0.2, 0.25) is 5.91 Å². The lowest BCUT2D eigenvalue weighted by molar-refractivity contribution is -0.305. The van der Waals surface area contributed by atoms with Crippen LogP contribution in [0.15, 0.2) is 60.8 Å². The highest BCUT2D eigenvalue weighted by atomic mass is 16.7. The second-order valence-corrected chi connectivity index (χ2v) is 21.8. The number of nitrogens with one attached hydrogen (secondary N) is 1. The number of aliphatic hydroxyl groups excluding tert-OH is 5. The van der Waals surface area contributed by atoms with Crippen LogP contribution in [0.5, 0.6) is 0 Å². The molecule has 1 rings (SSSR count). The normalized spacial score (nSPS) is 19.5. The molecule has 1 fully saturated rings. The SMILES string of the molecule is CCCCC/C=C\C/C=C\C/C=C\C/C=C\CCC(O)C(=O)NC(COC1OC(CO)C(O)C(O)C1OC(=O)CCCCCCCCCCCCCCCCCCCCC)C(O)/C=C/CCCCCCCCCCCC. The van der Waals surface area contributed by atoms with Crippen LogP contribution in [0, 0.1) is 0 Å². The van der Waals surface area contributed by atoms with Crippen LogP contribution in [0.25, 0.3) is 0 Å². The molecule has 8 unspecified atom stereocenters. The first-order valence-electron chi connectivity index (χ1n) is 31.6. The second kappa shape index (κ2) is 53.0. The van der Waals surface area contributed by atoms with Crippen LogP contribution in [-0.2, 0) is 23.8 Å². The summed E-state index contributed by atoms with van der Waals surface area (Å²) in [6.45, 7) is 5.74. The van der Waals surface area contributed by atoms with Crippen LogP contribution in [-0.4, -0.2) is 99.6 Å². The Morgan fingerprint density at radius 1 is 0.513 bits per heavy atom. The number of carbonyl (C=O) groups excluding carboxylic acids is 2. The highest BCUT2D eigenvalue weighted by Gasteiger charge is 2.47. The summed E-state index contributed by atoms with van der Waals surface area (Å²) in [6, 6.07) is -1.05. The molecule has 1 saturated heterocycles. The van der Waals surface area contributed by atoms with Gasteiger partial charge in [0.05, 0.1) is 25.4 Å². The summed E-state index contributed by atoms with van der Waals surface area (Å²) in [7, 11) is 0. The lowest BCUT2D eigenvalue weighted by Gasteiger charge is -2.41. The van der Waals surface area contributed by atoms with Crippen molar-refractivity contribution in [3.63, 3.8) is 0 Å². The van der Waals surface area contributed by atoms with E-state index in [1.807, 2.05) is 18.2 Å². The molecule has 0 aromatic rings. The number of ether oxygens (including phenoxy) is 3. The molecule has 0 bridgehead atoms. The maximum atomic E-state index is 13.4. The van der Waals surface area contributed by atoms with Gasteiger partial charge in [-0.1, -0.05) is 268 Å². The van der Waals surface area contributed by atoms with Gasteiger partial charge in [-0.25, -0.2) is 0 Å². The van der Waals surface area contributed by atoms with Gasteiger partial charge in [-0.2, -0.15) is 0 Å². The van der Waals surface area contributed by atoms with Gasteiger partial charge in [-0.3, -0.25) is 9.59 Å². The number of hydrogen-bond donors (Lipinski definition) is 6. The molecule has 1 aliphatic rings. The number of esters is 1. The first kappa shape index (κ1) is 71.4. The Hall–Kier alpha value is -2.64. The van der Waals surface area contributed by atoms with Gasteiger partial charge in [0.1, 0.15) is 24.4 Å². The average molecular weight is 1070 g/mol. The number of carbonyl (C=O) groups is 2. The van der Waals surface area contributed by atoms with E-state index in [0.29, 0.717) is 12.8 Å². The maximum absolute atomic E-state index is 13.4. The third kappa shape index (κ3) is 40.5. The van der Waals surface area contributed by atoms with Gasteiger partial charge in [0.15, 0.2) is 12.4 Å². The summed E-state index contributed by atoms with van der Waals surface area (Å²) in [6.07, 6.45) is 55.5. The van der Waals surface area contributed by atoms with Crippen LogP contribution in [0.1, 0.15) is 278 Å². The molecule has 0 aromatic heterocycles. The minimum absolute atomic E-state index is 0.120. The molecular formula is C65H117NO10. The van der Waals surface area contributed by atoms with Crippen molar-refractivity contribution in [2.45, 2.75) is 327 Å². The van der Waals surface area contributed by atoms with E-state index in [4.69, 9.17) is 14.2 Å². The van der Waals surface area contributed by atoms with E-state index in [1.54, 1.807) is 6.08 Å². The topological polar surface area (TPSA) is 175 Å². The molecule has 11 heteroatoms. The molecule has 0 spiro atoms. The predicted molar refractivity (Wildman–Crippen MR) is 315 cm³/mol. The number of aliphatic hydroxyl groups is 5. The summed E-state index contributed by atoms with van der Waals surface area (Å²) in [5.41, 5.74) is 0. The molecule has 8 atom stereocenters. The smallest absolute Gasteiger partial charge is 0.306 e. The monoisotopic (exact) mass is 1070 g/mol. The van der Waals surface area contributed by atoms with E-state index in [9.17, 15) is 35.1 Å². The zero-order chi connectivity index (χ0) is 55.4. The Bertz CT molecular complexity index is 1460. The van der Waals surface area contributed by atoms with Crippen molar-refractivity contribution in [1.29, 1.82) is 0 Å². The van der Waals surface area contributed by atoms with Crippen LogP contribution in [0.2, 0.25) is 0 Å². The van der Waals surface area contributed by atoms with E-state index < -0.39 is 67.4 Å². The molecule has 1 amide bonds. The lowest BCUT2D eigenvalue weighted by atomic mass is 9.99. The quantitative estimate of drug-likeness (QED) is 0.0195. The molecule has 442 valence electrons. The Morgan fingerprint density at radius 2 is 0.908 bits per heavy atom. The molecule has 0 radical (unpaired) electrons. The first-order valence-corrected chi connectivity index (χ1v) is 31.6. The molecule has 0 aromatic carbocycles. The molecule has 0 saturated carbocycles. The zero-order valence-corrected chi connectivity index (χ0v) is 48.9. The molecule has 76 heavy (non-hydrogen) atoms. The molecule has 1 heterocycles. The minimum Gasteiger partial charge on any atom is -0.454 e. The molecule has 1 aliphatic heterocycles. The van der Waals surface area contributed by atoms with Crippen molar-refractivity contribution >= 4 is 11.9 Å². The average Bonchev–Trinajstić information content (AvgIpc) is 3.42. The largest absolute Gasteiger partial charge is 0.454 e. The summed E-state index contributed by atoms with van der Waals surface area (Å²) in [5, 5.41) is 56.9. The van der Waals surface area contributed by atoms with Crippen molar-refractivity contribution < 1.29 is 49.3 Å². The maximum Gasteiger partial charge on any atom is 0.306 e. The first-order chi connectivity index (χ1) is 37.2. The van der Waals surface area contributed by atoms with Gasteiger partial charge in [0.25, 0.3) is 0 Å². The number of rotatable bonds is 53. The third-order valence-electron chi connectivity index (χ3n) is 14.7. The van der Waals surface area contributed by atoms with Crippen molar-refractivity contribution in [3.8, 4) is 0 Å². The van der Waals surface area contributed by atoms with Gasteiger partial charge >= 0.3 is 5.97 Å². The van der Waals surface area contributed by atoms with Crippen LogP contribution < -0.4 is 5.32 Å². The lowest BCUT2D eigenvalue weighted by Crippen LogP contribution is -2.61. The summed E-state index contributed by atoms with van der Waals surface area (Å²) >= 11 is 0. The standard InChI is InChI=1S/C65H117NO10/c1-4-7-10-13-16-19-22-25-27-29-30-31-33-35-38-41-44-47-50-53-60(70)76-63-62(72)61(71)59(54-67)75-65(63)74-55-56(57(68)51-48-45-42-39-36-24-21-18-15-12-9-6-3)66-64(73)58(69)52-49-46-43-40-37-34-32-28-26-23-20-17-14-11-8-5-2/h17,20,26,28,34,37,43,46,48,51,56-59,61-63,65,67-69,71-72H,4-16,18-19,21-25,27,29-33,35-36,38-42,44-45,47,49-50,52-55H2,1-3H3,(H,66,73)/b20-17-,28-26-,37-34-,46-43-,51-48+. The fourth-order valence-electron chi connectivity index (χ4n) is 9.64. The number of unbranched alkanes of at least 4 members (excludes halogenated alkanes) is 31. The van der Waals surface area contributed by atoms with Crippen molar-refractivity contribution in [1.82, 2.24) is 5.32 Å². The van der Waals surface area contributed by atoms with Gasteiger partial charge < -0.3 is 45.1 Å². The van der Waals surface area contributed by atoms with Crippen molar-refractivity contribution in [2.75, 3.05) is 13.2 Å². The number of allylic oxidation sites excluding steroid dienone is 9. The Kier molecular flexibility index (Phi) is 49.8. The Morgan fingerprint density at radius 3 is 1.38 bits per heavy atom. The van der Waals surface area contributed by atoms with Crippen LogP contribution in [0.4, 0.5) is 0 Å². The molecule has 11 nitrogen and oxygen atoms in total. The molecule has 6 N–H and O–H groups in total. The minimum atomic E-state index is -1.62. The van der Waals surface area contributed by atoms with E-state index in [-0.39, 0.29) is 19.4 Å². The van der Waals surface area contributed by atoms with Gasteiger partial charge in [0, 0.05) is 6.42 Å². The van der Waals surface area contributed by atoms with Gasteiger partial charge in [-0.05, 0) is 64.2 Å². The Balaban J connectivity index is 2.70. The van der Waals surface area contributed by atoms with Crippen molar-refractivity contribution in [3.05, 3.63) is 60.8 Å². The third-order valence-corrected chi connectivity index (χ3v) is 14.7. The van der Waals surface area contributed by atoms with Crippen LogP contribution >= 0.6 is 0 Å². The highest BCUT2D eigenvalue weighted by Crippen LogP contribution is 2.26. The van der Waals surface area contributed by atoms with E-state index in [1.165, 1.54) is 161 Å². The Labute approximate surface area is 465 Å².